The van der Waals surface area contributed by atoms with Crippen molar-refractivity contribution in [1.29, 1.82) is 0 Å². The lowest BCUT2D eigenvalue weighted by Gasteiger charge is -2.09. The van der Waals surface area contributed by atoms with Gasteiger partial charge in [-0.05, 0) is 18.2 Å². The molecule has 0 bridgehead atoms. The summed E-state index contributed by atoms with van der Waals surface area (Å²) >= 11 is 5.65. The van der Waals surface area contributed by atoms with Crippen LogP contribution in [-0.2, 0) is 14.8 Å². The quantitative estimate of drug-likeness (QED) is 0.614. The van der Waals surface area contributed by atoms with Crippen molar-refractivity contribution in [2.45, 2.75) is 11.1 Å². The molecule has 20 heavy (non-hydrogen) atoms. The van der Waals surface area contributed by atoms with Crippen LogP contribution in [0.4, 0.5) is 18.9 Å². The number of hydrogen-bond donors (Lipinski definition) is 2. The number of alkyl halides is 3. The fraction of sp³-hybridized carbons (Fsp3) is 0.400. The number of nitrogens with one attached hydrogen (secondary N) is 1. The van der Waals surface area contributed by atoms with E-state index >= 15 is 0 Å². The van der Waals surface area contributed by atoms with Crippen LogP contribution >= 0.6 is 11.6 Å². The van der Waals surface area contributed by atoms with Gasteiger partial charge >= 0.3 is 6.18 Å². The average Bonchev–Trinajstić information content (AvgIpc) is 2.30. The van der Waals surface area contributed by atoms with Crippen LogP contribution in [0.3, 0.4) is 0 Å². The van der Waals surface area contributed by atoms with Gasteiger partial charge < -0.3 is 10.5 Å². The Bertz CT molecular complexity index is 563. The van der Waals surface area contributed by atoms with Gasteiger partial charge in [-0.3, -0.25) is 0 Å². The van der Waals surface area contributed by atoms with Gasteiger partial charge in [0.25, 0.3) is 0 Å². The van der Waals surface area contributed by atoms with Crippen LogP contribution in [0.15, 0.2) is 23.1 Å². The Morgan fingerprint density at radius 2 is 2.00 bits per heavy atom. The van der Waals surface area contributed by atoms with Crippen LogP contribution in [0, 0.1) is 0 Å². The van der Waals surface area contributed by atoms with Gasteiger partial charge in [-0.2, -0.15) is 13.2 Å². The molecule has 0 fully saturated rings. The highest BCUT2D eigenvalue weighted by atomic mass is 35.5. The average molecular weight is 333 g/mol. The number of rotatable bonds is 6. The zero-order valence-electron chi connectivity index (χ0n) is 10.1. The molecule has 3 N–H and O–H groups in total. The van der Waals surface area contributed by atoms with Crippen molar-refractivity contribution in [3.63, 3.8) is 0 Å². The molecule has 114 valence electrons. The minimum atomic E-state index is -4.44. The van der Waals surface area contributed by atoms with Gasteiger partial charge in [0.2, 0.25) is 10.0 Å². The lowest BCUT2D eigenvalue weighted by atomic mass is 10.3. The number of halogens is 4. The van der Waals surface area contributed by atoms with Crippen molar-refractivity contribution in [3.05, 3.63) is 23.2 Å². The monoisotopic (exact) mass is 332 g/mol. The van der Waals surface area contributed by atoms with E-state index in [9.17, 15) is 21.6 Å². The molecule has 0 unspecified atom stereocenters. The molecule has 0 aliphatic rings. The molecule has 10 heteroatoms. The van der Waals surface area contributed by atoms with Gasteiger partial charge in [0, 0.05) is 6.54 Å². The zero-order valence-corrected chi connectivity index (χ0v) is 11.6. The van der Waals surface area contributed by atoms with Crippen molar-refractivity contribution >= 4 is 27.3 Å². The van der Waals surface area contributed by atoms with Gasteiger partial charge in [0.05, 0.1) is 22.2 Å². The first-order valence-electron chi connectivity index (χ1n) is 5.31. The second-order valence-corrected chi connectivity index (χ2v) is 5.92. The summed E-state index contributed by atoms with van der Waals surface area (Å²) in [5.74, 6) is 0. The molecule has 1 aromatic carbocycles. The second kappa shape index (κ2) is 6.61. The smallest absolute Gasteiger partial charge is 0.397 e. The molecule has 0 aliphatic carbocycles. The predicted octanol–water partition coefficient (Wildman–Crippen LogP) is 1.78. The van der Waals surface area contributed by atoms with Crippen LogP contribution in [-0.4, -0.2) is 34.4 Å². The third-order valence-corrected chi connectivity index (χ3v) is 3.88. The van der Waals surface area contributed by atoms with Crippen molar-refractivity contribution in [2.24, 2.45) is 0 Å². The lowest BCUT2D eigenvalue weighted by Crippen LogP contribution is -2.29. The Morgan fingerprint density at radius 3 is 2.55 bits per heavy atom. The van der Waals surface area contributed by atoms with E-state index in [1.54, 1.807) is 0 Å². The Balaban J connectivity index is 2.52. The number of ether oxygens (including phenoxy) is 1. The molecule has 1 rings (SSSR count). The number of nitrogens with two attached hydrogens (primary N) is 1. The largest absolute Gasteiger partial charge is 0.411 e. The standard InChI is InChI=1S/C10H12ClF3N2O3S/c11-8-2-1-7(5-9(8)15)20(17,18)16-3-4-19-6-10(12,13)14/h1-2,5,16H,3-4,6,15H2. The summed E-state index contributed by atoms with van der Waals surface area (Å²) in [6.45, 7) is -2.12. The minimum Gasteiger partial charge on any atom is -0.397 e. The summed E-state index contributed by atoms with van der Waals surface area (Å²) in [6.07, 6.45) is -4.44. The summed E-state index contributed by atoms with van der Waals surface area (Å²) in [4.78, 5) is -0.129. The third kappa shape index (κ3) is 5.53. The maximum atomic E-state index is 11.8. The summed E-state index contributed by atoms with van der Waals surface area (Å²) in [5, 5.41) is 0.206. The Labute approximate surface area is 118 Å². The molecule has 0 saturated carbocycles. The molecular formula is C10H12ClF3N2O3S. The molecule has 1 aromatic rings. The molecule has 0 radical (unpaired) electrons. The van der Waals surface area contributed by atoms with Crippen molar-refractivity contribution in [3.8, 4) is 0 Å². The maximum Gasteiger partial charge on any atom is 0.411 e. The normalized spacial score (nSPS) is 12.6. The van der Waals surface area contributed by atoms with E-state index in [-0.39, 0.29) is 22.2 Å². The number of anilines is 1. The number of sulfonamides is 1. The third-order valence-electron chi connectivity index (χ3n) is 2.08. The van der Waals surface area contributed by atoms with Crippen LogP contribution in [0.2, 0.25) is 5.02 Å². The van der Waals surface area contributed by atoms with E-state index < -0.39 is 29.4 Å². The first-order chi connectivity index (χ1) is 9.12. The fourth-order valence-electron chi connectivity index (χ4n) is 1.21. The van der Waals surface area contributed by atoms with E-state index in [1.165, 1.54) is 12.1 Å². The van der Waals surface area contributed by atoms with E-state index in [2.05, 4.69) is 9.46 Å². The first kappa shape index (κ1) is 17.0. The van der Waals surface area contributed by atoms with Crippen molar-refractivity contribution in [1.82, 2.24) is 4.72 Å². The van der Waals surface area contributed by atoms with E-state index in [0.29, 0.717) is 0 Å². The molecule has 0 heterocycles. The van der Waals surface area contributed by atoms with Gasteiger partial charge in [-0.15, -0.1) is 0 Å². The highest BCUT2D eigenvalue weighted by Crippen LogP contribution is 2.22. The van der Waals surface area contributed by atoms with E-state index in [4.69, 9.17) is 17.3 Å². The fourth-order valence-corrected chi connectivity index (χ4v) is 2.37. The molecular weight excluding hydrogens is 321 g/mol. The van der Waals surface area contributed by atoms with E-state index in [0.717, 1.165) is 6.07 Å². The lowest BCUT2D eigenvalue weighted by molar-refractivity contribution is -0.173. The SMILES string of the molecule is Nc1cc(S(=O)(=O)NCCOCC(F)(F)F)ccc1Cl. The number of hydrogen-bond acceptors (Lipinski definition) is 4. The molecule has 0 spiro atoms. The zero-order chi connectivity index (χ0) is 15.4. The van der Waals surface area contributed by atoms with Crippen molar-refractivity contribution in [2.75, 3.05) is 25.5 Å². The maximum absolute atomic E-state index is 11.8. The van der Waals surface area contributed by atoms with Crippen molar-refractivity contribution < 1.29 is 26.3 Å². The minimum absolute atomic E-state index is 0.0860. The summed E-state index contributed by atoms with van der Waals surface area (Å²) in [6, 6.07) is 3.70. The van der Waals surface area contributed by atoms with Gasteiger partial charge in [-0.1, -0.05) is 11.6 Å². The van der Waals surface area contributed by atoms with Crippen LogP contribution in [0.1, 0.15) is 0 Å². The first-order valence-corrected chi connectivity index (χ1v) is 7.17. The Morgan fingerprint density at radius 1 is 1.35 bits per heavy atom. The van der Waals surface area contributed by atoms with Crippen LogP contribution in [0.25, 0.3) is 0 Å². The molecule has 0 aliphatic heterocycles. The highest BCUT2D eigenvalue weighted by molar-refractivity contribution is 7.89. The number of nitrogen functional groups attached to an aromatic ring is 1. The second-order valence-electron chi connectivity index (χ2n) is 3.75. The number of benzene rings is 1. The highest BCUT2D eigenvalue weighted by Gasteiger charge is 2.27. The molecule has 0 atom stereocenters. The molecule has 5 nitrogen and oxygen atoms in total. The van der Waals surface area contributed by atoms with Crippen LogP contribution in [0.5, 0.6) is 0 Å². The summed E-state index contributed by atoms with van der Waals surface area (Å²) in [7, 11) is -3.87. The van der Waals surface area contributed by atoms with E-state index in [1.807, 2.05) is 0 Å². The molecule has 0 aromatic heterocycles. The van der Waals surface area contributed by atoms with Crippen LogP contribution < -0.4 is 10.5 Å². The van der Waals surface area contributed by atoms with Gasteiger partial charge in [0.15, 0.2) is 0 Å². The Kier molecular flexibility index (Phi) is 5.63. The molecule has 0 saturated heterocycles. The molecule has 0 amide bonds. The van der Waals surface area contributed by atoms with Gasteiger partial charge in [0.1, 0.15) is 6.61 Å². The summed E-state index contributed by atoms with van der Waals surface area (Å²) in [5.41, 5.74) is 5.55. The summed E-state index contributed by atoms with van der Waals surface area (Å²) < 4.78 is 65.2. The van der Waals surface area contributed by atoms with Gasteiger partial charge in [-0.25, -0.2) is 13.1 Å². The Hall–Kier alpha value is -1.03. The topological polar surface area (TPSA) is 81.4 Å². The predicted molar refractivity (Wildman–Crippen MR) is 67.9 cm³/mol.